The zero-order chi connectivity index (χ0) is 21.1. The molecule has 0 radical (unpaired) electrons. The van der Waals surface area contributed by atoms with E-state index in [1.807, 2.05) is 24.3 Å². The van der Waals surface area contributed by atoms with Crippen LogP contribution in [0, 0.1) is 0 Å². The second-order valence-corrected chi connectivity index (χ2v) is 7.28. The lowest BCUT2D eigenvalue weighted by Crippen LogP contribution is -2.34. The third-order valence-electron chi connectivity index (χ3n) is 5.22. The number of hydrogen-bond acceptors (Lipinski definition) is 6. The van der Waals surface area contributed by atoms with E-state index in [2.05, 4.69) is 30.6 Å². The van der Waals surface area contributed by atoms with Crippen molar-refractivity contribution in [1.29, 1.82) is 0 Å². The second kappa shape index (κ2) is 8.43. The van der Waals surface area contributed by atoms with Crippen LogP contribution in [0.25, 0.3) is 11.4 Å². The number of hydrogen-bond donors (Lipinski definition) is 0. The van der Waals surface area contributed by atoms with Crippen LogP contribution in [0.15, 0.2) is 47.1 Å². The number of para-hydroxylation sites is 1. The van der Waals surface area contributed by atoms with Crippen LogP contribution in [-0.2, 0) is 12.7 Å². The average molecular weight is 418 g/mol. The number of aromatic nitrogens is 3. The molecule has 0 amide bonds. The van der Waals surface area contributed by atoms with E-state index < -0.39 is 12.1 Å². The van der Waals surface area contributed by atoms with Crippen molar-refractivity contribution in [2.24, 2.45) is 0 Å². The Morgan fingerprint density at radius 3 is 2.73 bits per heavy atom. The van der Waals surface area contributed by atoms with Crippen molar-refractivity contribution in [2.75, 3.05) is 20.2 Å². The molecule has 30 heavy (non-hydrogen) atoms. The van der Waals surface area contributed by atoms with Gasteiger partial charge >= 0.3 is 12.1 Å². The summed E-state index contributed by atoms with van der Waals surface area (Å²) in [6.45, 7) is 2.64. The van der Waals surface area contributed by atoms with Crippen LogP contribution in [0.2, 0.25) is 0 Å². The predicted octanol–water partition coefficient (Wildman–Crippen LogP) is 4.54. The van der Waals surface area contributed by atoms with Gasteiger partial charge < -0.3 is 9.26 Å². The Kier molecular flexibility index (Phi) is 5.72. The molecule has 3 heterocycles. The number of alkyl halides is 3. The van der Waals surface area contributed by atoms with E-state index in [-0.39, 0.29) is 11.7 Å². The molecule has 158 valence electrons. The molecule has 1 aliphatic rings. The molecule has 1 aromatic carbocycles. The highest BCUT2D eigenvalue weighted by Crippen LogP contribution is 2.31. The molecule has 1 fully saturated rings. The van der Waals surface area contributed by atoms with Crippen LogP contribution in [0.1, 0.15) is 35.9 Å². The summed E-state index contributed by atoms with van der Waals surface area (Å²) in [6.07, 6.45) is -1.11. The molecule has 4 rings (SSSR count). The van der Waals surface area contributed by atoms with E-state index in [0.29, 0.717) is 5.56 Å². The summed E-state index contributed by atoms with van der Waals surface area (Å²) in [7, 11) is 1.67. The smallest absolute Gasteiger partial charge is 0.471 e. The van der Waals surface area contributed by atoms with Gasteiger partial charge in [-0.3, -0.25) is 9.88 Å². The largest absolute Gasteiger partial charge is 0.496 e. The minimum absolute atomic E-state index is 0.122. The minimum Gasteiger partial charge on any atom is -0.496 e. The Labute approximate surface area is 171 Å². The average Bonchev–Trinajstić information content (AvgIpc) is 3.25. The molecular formula is C21H21F3N4O2. The number of rotatable bonds is 5. The normalized spacial score (nSPS) is 17.8. The zero-order valence-corrected chi connectivity index (χ0v) is 16.4. The number of methoxy groups -OCH3 is 1. The van der Waals surface area contributed by atoms with Crippen molar-refractivity contribution in [3.8, 4) is 17.1 Å². The molecule has 0 spiro atoms. The van der Waals surface area contributed by atoms with Crippen molar-refractivity contribution in [1.82, 2.24) is 20.0 Å². The molecule has 9 heteroatoms. The molecule has 6 nitrogen and oxygen atoms in total. The minimum atomic E-state index is -4.66. The van der Waals surface area contributed by atoms with Crippen LogP contribution >= 0.6 is 0 Å². The molecule has 0 N–H and O–H groups in total. The van der Waals surface area contributed by atoms with Gasteiger partial charge in [0.15, 0.2) is 0 Å². The number of pyridine rings is 1. The lowest BCUT2D eigenvalue weighted by Gasteiger charge is -2.32. The quantitative estimate of drug-likeness (QED) is 0.606. The maximum atomic E-state index is 12.6. The Morgan fingerprint density at radius 2 is 2.03 bits per heavy atom. The molecule has 1 aliphatic heterocycles. The predicted molar refractivity (Wildman–Crippen MR) is 103 cm³/mol. The van der Waals surface area contributed by atoms with Crippen LogP contribution in [0.5, 0.6) is 5.75 Å². The van der Waals surface area contributed by atoms with Crippen molar-refractivity contribution in [3.63, 3.8) is 0 Å². The maximum absolute atomic E-state index is 12.6. The third-order valence-corrected chi connectivity index (χ3v) is 5.22. The van der Waals surface area contributed by atoms with E-state index in [0.717, 1.165) is 49.5 Å². The lowest BCUT2D eigenvalue weighted by atomic mass is 9.93. The SMILES string of the molecule is COc1ccccc1CN1CCC[C@H](c2ccc(-c3noc(C(F)(F)F)n3)cn2)C1. The summed E-state index contributed by atoms with van der Waals surface area (Å²) in [5.74, 6) is -0.359. The Hall–Kier alpha value is -2.94. The monoisotopic (exact) mass is 418 g/mol. The molecular weight excluding hydrogens is 397 g/mol. The van der Waals surface area contributed by atoms with Gasteiger partial charge in [0, 0.05) is 42.0 Å². The number of likely N-dealkylation sites (tertiary alicyclic amines) is 1. The fraction of sp³-hybridized carbons (Fsp3) is 0.381. The summed E-state index contributed by atoms with van der Waals surface area (Å²) < 4.78 is 47.7. The highest BCUT2D eigenvalue weighted by molar-refractivity contribution is 5.52. The van der Waals surface area contributed by atoms with Crippen molar-refractivity contribution in [2.45, 2.75) is 31.5 Å². The number of nitrogens with zero attached hydrogens (tertiary/aromatic N) is 4. The maximum Gasteiger partial charge on any atom is 0.471 e. The standard InChI is InChI=1S/C21H21F3N4O2/c1-29-18-7-3-2-5-16(18)13-28-10-4-6-15(12-28)17-9-8-14(11-25-17)19-26-20(30-27-19)21(22,23)24/h2-3,5,7-9,11,15H,4,6,10,12-13H2,1H3/t15-/m0/s1. The second-order valence-electron chi connectivity index (χ2n) is 7.28. The van der Waals surface area contributed by atoms with E-state index in [1.54, 1.807) is 13.2 Å². The molecule has 0 unspecified atom stereocenters. The number of piperidine rings is 1. The molecule has 0 bridgehead atoms. The van der Waals surface area contributed by atoms with Crippen molar-refractivity contribution < 1.29 is 22.4 Å². The van der Waals surface area contributed by atoms with Gasteiger partial charge in [0.2, 0.25) is 5.82 Å². The summed E-state index contributed by atoms with van der Waals surface area (Å²) >= 11 is 0. The molecule has 1 saturated heterocycles. The van der Waals surface area contributed by atoms with Crippen LogP contribution in [-0.4, -0.2) is 40.2 Å². The van der Waals surface area contributed by atoms with E-state index >= 15 is 0 Å². The van der Waals surface area contributed by atoms with Crippen LogP contribution < -0.4 is 4.74 Å². The van der Waals surface area contributed by atoms with Gasteiger partial charge in [-0.15, -0.1) is 0 Å². The summed E-state index contributed by atoms with van der Waals surface area (Å²) in [5.41, 5.74) is 2.43. The summed E-state index contributed by atoms with van der Waals surface area (Å²) in [6, 6.07) is 11.5. The van der Waals surface area contributed by atoms with Gasteiger partial charge in [-0.1, -0.05) is 23.4 Å². The number of benzene rings is 1. The van der Waals surface area contributed by atoms with E-state index in [1.165, 1.54) is 6.20 Å². The molecule has 0 aliphatic carbocycles. The topological polar surface area (TPSA) is 64.3 Å². The highest BCUT2D eigenvalue weighted by atomic mass is 19.4. The van der Waals surface area contributed by atoms with E-state index in [9.17, 15) is 13.2 Å². The van der Waals surface area contributed by atoms with E-state index in [4.69, 9.17) is 4.74 Å². The summed E-state index contributed by atoms with van der Waals surface area (Å²) in [4.78, 5) is 10.2. The van der Waals surface area contributed by atoms with Gasteiger partial charge in [-0.05, 0) is 37.6 Å². The van der Waals surface area contributed by atoms with Gasteiger partial charge in [0.1, 0.15) is 5.75 Å². The van der Waals surface area contributed by atoms with Gasteiger partial charge in [-0.2, -0.15) is 18.2 Å². The molecule has 0 saturated carbocycles. The number of halogens is 3. The Bertz CT molecular complexity index is 988. The van der Waals surface area contributed by atoms with Gasteiger partial charge in [0.05, 0.1) is 7.11 Å². The van der Waals surface area contributed by atoms with Crippen LogP contribution in [0.3, 0.4) is 0 Å². The lowest BCUT2D eigenvalue weighted by molar-refractivity contribution is -0.159. The Morgan fingerprint density at radius 1 is 1.20 bits per heavy atom. The van der Waals surface area contributed by atoms with Crippen LogP contribution in [0.4, 0.5) is 13.2 Å². The molecule has 1 atom stereocenters. The first-order valence-corrected chi connectivity index (χ1v) is 9.65. The number of ether oxygens (including phenoxy) is 1. The zero-order valence-electron chi connectivity index (χ0n) is 16.4. The first-order valence-electron chi connectivity index (χ1n) is 9.65. The fourth-order valence-corrected chi connectivity index (χ4v) is 3.75. The van der Waals surface area contributed by atoms with Gasteiger partial charge in [0.25, 0.3) is 0 Å². The fourth-order valence-electron chi connectivity index (χ4n) is 3.75. The third kappa shape index (κ3) is 4.46. The summed E-state index contributed by atoms with van der Waals surface area (Å²) in [5, 5.41) is 3.40. The Balaban J connectivity index is 1.44. The highest BCUT2D eigenvalue weighted by Gasteiger charge is 2.38. The van der Waals surface area contributed by atoms with Gasteiger partial charge in [-0.25, -0.2) is 0 Å². The molecule has 3 aromatic rings. The van der Waals surface area contributed by atoms with Crippen molar-refractivity contribution in [3.05, 3.63) is 59.7 Å². The van der Waals surface area contributed by atoms with Crippen molar-refractivity contribution >= 4 is 0 Å². The first-order chi connectivity index (χ1) is 14.4. The first kappa shape index (κ1) is 20.3. The molecule has 2 aromatic heterocycles.